The number of phenols is 1. The van der Waals surface area contributed by atoms with Crippen molar-refractivity contribution in [3.05, 3.63) is 70.2 Å². The summed E-state index contributed by atoms with van der Waals surface area (Å²) in [6.07, 6.45) is 1.44. The number of aromatic hydroxyl groups is 1. The van der Waals surface area contributed by atoms with Gasteiger partial charge in [0.1, 0.15) is 12.0 Å². The minimum absolute atomic E-state index is 0.132. The summed E-state index contributed by atoms with van der Waals surface area (Å²) < 4.78 is 73.5. The van der Waals surface area contributed by atoms with Gasteiger partial charge in [0.05, 0.1) is 26.7 Å². The van der Waals surface area contributed by atoms with Gasteiger partial charge in [-0.1, -0.05) is 50.6 Å². The van der Waals surface area contributed by atoms with Crippen LogP contribution < -0.4 is 5.32 Å². The van der Waals surface area contributed by atoms with Crippen molar-refractivity contribution in [2.45, 2.75) is 48.4 Å². The number of carbonyl (C=O) groups is 1. The average Bonchev–Trinajstić information content (AvgIpc) is 3.37. The molecule has 0 bridgehead atoms. The van der Waals surface area contributed by atoms with Crippen LogP contribution in [0, 0.1) is 6.92 Å². The Hall–Kier alpha value is -2.73. The number of hydrogen-bond donors (Lipinski definition) is 2. The number of halogens is 4. The second kappa shape index (κ2) is 10.4. The predicted octanol–water partition coefficient (Wildman–Crippen LogP) is 6.60. The minimum atomic E-state index is -5.61. The van der Waals surface area contributed by atoms with E-state index in [1.54, 1.807) is 20.8 Å². The van der Waals surface area contributed by atoms with Crippen LogP contribution in [0.1, 0.15) is 42.3 Å². The van der Waals surface area contributed by atoms with Gasteiger partial charge in [-0.25, -0.2) is 8.42 Å². The van der Waals surface area contributed by atoms with Crippen LogP contribution in [0.15, 0.2) is 58.3 Å². The van der Waals surface area contributed by atoms with E-state index in [0.717, 1.165) is 6.07 Å². The fraction of sp³-hybridized carbons (Fsp3) is 0.269. The summed E-state index contributed by atoms with van der Waals surface area (Å²) in [6, 6.07) is 12.2. The van der Waals surface area contributed by atoms with Crippen molar-refractivity contribution < 1.29 is 36.0 Å². The number of carbonyl (C=O) groups excluding carboxylic acids is 1. The van der Waals surface area contributed by atoms with E-state index >= 15 is 0 Å². The molecular formula is C26H25ClF3NO5S2. The molecule has 0 saturated carbocycles. The zero-order valence-corrected chi connectivity index (χ0v) is 23.4. The second-order valence-corrected chi connectivity index (χ2v) is 13.3. The molecule has 4 rings (SSSR count). The summed E-state index contributed by atoms with van der Waals surface area (Å²) in [6.45, 7) is 6.84. The molecule has 38 heavy (non-hydrogen) atoms. The molecule has 0 spiro atoms. The van der Waals surface area contributed by atoms with Crippen molar-refractivity contribution in [1.29, 1.82) is 0 Å². The van der Waals surface area contributed by atoms with Crippen LogP contribution in [0.4, 0.5) is 18.9 Å². The topological polar surface area (TPSA) is 107 Å². The molecule has 0 aromatic heterocycles. The fourth-order valence-electron chi connectivity index (χ4n) is 3.77. The average molecular weight is 588 g/mol. The zero-order chi connectivity index (χ0) is 28.8. The molecule has 12 heteroatoms. The molecule has 0 heterocycles. The minimum Gasteiger partial charge on any atom is -0.612 e. The molecule has 1 amide bonds. The lowest BCUT2D eigenvalue weighted by molar-refractivity contribution is -0.0436. The number of rotatable bonds is 4. The largest absolute Gasteiger partial charge is 0.612 e. The molecule has 0 aliphatic heterocycles. The monoisotopic (exact) mass is 587 g/mol. The zero-order valence-electron chi connectivity index (χ0n) is 21.0. The number of amides is 1. The molecule has 0 radical (unpaired) electrons. The van der Waals surface area contributed by atoms with E-state index in [0.29, 0.717) is 28.2 Å². The third kappa shape index (κ3) is 6.12. The molecule has 2 aromatic carbocycles. The van der Waals surface area contributed by atoms with Gasteiger partial charge < -0.3 is 15.0 Å². The smallest absolute Gasteiger partial charge is 0.501 e. The summed E-state index contributed by atoms with van der Waals surface area (Å²) >= 11 is 4.47. The van der Waals surface area contributed by atoms with Gasteiger partial charge in [0.2, 0.25) is 0 Å². The van der Waals surface area contributed by atoms with E-state index in [2.05, 4.69) is 29.6 Å². The van der Waals surface area contributed by atoms with Crippen molar-refractivity contribution >= 4 is 44.2 Å². The Labute approximate surface area is 226 Å². The van der Waals surface area contributed by atoms with Gasteiger partial charge in [0.15, 0.2) is 4.90 Å². The number of sulfone groups is 1. The predicted molar refractivity (Wildman–Crippen MR) is 142 cm³/mol. The van der Waals surface area contributed by atoms with Gasteiger partial charge in [-0.3, -0.25) is 4.79 Å². The van der Waals surface area contributed by atoms with Crippen LogP contribution in [0.5, 0.6) is 5.75 Å². The van der Waals surface area contributed by atoms with Crippen molar-refractivity contribution in [1.82, 2.24) is 0 Å². The highest BCUT2D eigenvalue weighted by atomic mass is 35.5. The van der Waals surface area contributed by atoms with E-state index in [4.69, 9.17) is 11.6 Å². The van der Waals surface area contributed by atoms with E-state index in [9.17, 15) is 36.0 Å². The van der Waals surface area contributed by atoms with Crippen molar-refractivity contribution in [3.63, 3.8) is 0 Å². The lowest BCUT2D eigenvalue weighted by atomic mass is 9.84. The number of nitrogens with one attached hydrogen (secondary N) is 1. The molecule has 0 fully saturated rings. The Balaban J connectivity index is 0.000000572. The highest BCUT2D eigenvalue weighted by Crippen LogP contribution is 2.41. The lowest BCUT2D eigenvalue weighted by Crippen LogP contribution is -2.23. The first-order valence-corrected chi connectivity index (χ1v) is 14.5. The van der Waals surface area contributed by atoms with Crippen LogP contribution in [0.25, 0.3) is 11.1 Å². The Bertz CT molecular complexity index is 1500. The second-order valence-electron chi connectivity index (χ2n) is 9.62. The number of fused-ring (bicyclic) bond motifs is 1. The third-order valence-corrected chi connectivity index (χ3v) is 8.40. The van der Waals surface area contributed by atoms with Crippen molar-refractivity contribution in [2.24, 2.45) is 0 Å². The highest BCUT2D eigenvalue weighted by molar-refractivity contribution is 7.92. The first kappa shape index (κ1) is 29.8. The number of anilines is 1. The van der Waals surface area contributed by atoms with Gasteiger partial charge in [-0.15, -0.1) is 0 Å². The van der Waals surface area contributed by atoms with Crippen LogP contribution in [-0.2, 0) is 26.4 Å². The molecule has 0 saturated heterocycles. The van der Waals surface area contributed by atoms with Crippen molar-refractivity contribution in [3.8, 4) is 16.9 Å². The third-order valence-electron chi connectivity index (χ3n) is 5.67. The van der Waals surface area contributed by atoms with Gasteiger partial charge in [0.25, 0.3) is 15.7 Å². The first-order chi connectivity index (χ1) is 17.4. The standard InChI is InChI=1S/C20H21ClF3NO5S2.C6H4/c1-10-8-14(31(5)28)16(19(2,3)4)17(26)15(10)18(27)25-13-7-6-11(9-12(13)21)32(29,30)20(22,23)24;1-2-5-4-6(5)3-1/h6-9,26H,1-5H3,(H,25,27);1-4H. The first-order valence-electron chi connectivity index (χ1n) is 11.1. The van der Waals surface area contributed by atoms with Crippen LogP contribution >= 0.6 is 11.6 Å². The van der Waals surface area contributed by atoms with Gasteiger partial charge in [0, 0.05) is 0 Å². The maximum atomic E-state index is 12.9. The maximum Gasteiger partial charge on any atom is 0.501 e. The summed E-state index contributed by atoms with van der Waals surface area (Å²) in [5.41, 5.74) is -2.99. The summed E-state index contributed by atoms with van der Waals surface area (Å²) in [5, 5.41) is 12.8. The maximum absolute atomic E-state index is 12.9. The molecule has 2 N–H and O–H groups in total. The quantitative estimate of drug-likeness (QED) is 0.262. The number of benzene rings is 3. The van der Waals surface area contributed by atoms with Crippen molar-refractivity contribution in [2.75, 3.05) is 11.6 Å². The lowest BCUT2D eigenvalue weighted by Gasteiger charge is -2.25. The molecule has 2 aliphatic carbocycles. The van der Waals surface area contributed by atoms with Crippen LogP contribution in [0.3, 0.4) is 0 Å². The fourth-order valence-corrected chi connectivity index (χ4v) is 5.88. The Morgan fingerprint density at radius 3 is 2.03 bits per heavy atom. The molecular weight excluding hydrogens is 563 g/mol. The van der Waals surface area contributed by atoms with Gasteiger partial charge >= 0.3 is 5.51 Å². The van der Waals surface area contributed by atoms with E-state index in [1.807, 2.05) is 0 Å². The molecule has 204 valence electrons. The molecule has 2 aliphatic rings. The summed E-state index contributed by atoms with van der Waals surface area (Å²) in [5.74, 6) is -1.21. The highest BCUT2D eigenvalue weighted by Gasteiger charge is 2.47. The number of alkyl halides is 3. The summed E-state index contributed by atoms with van der Waals surface area (Å²) in [7, 11) is -5.61. The molecule has 6 nitrogen and oxygen atoms in total. The number of hydrogen-bond acceptors (Lipinski definition) is 5. The number of aryl methyl sites for hydroxylation is 1. The van der Waals surface area contributed by atoms with Crippen LogP contribution in [-0.4, -0.2) is 35.7 Å². The van der Waals surface area contributed by atoms with E-state index in [-0.39, 0.29) is 17.0 Å². The number of phenolic OH excluding ortho intramolecular Hbond substituents is 1. The van der Waals surface area contributed by atoms with Gasteiger partial charge in [-0.05, 0) is 70.5 Å². The molecule has 1 unspecified atom stereocenters. The van der Waals surface area contributed by atoms with Crippen LogP contribution in [0.2, 0.25) is 5.02 Å². The molecule has 1 atom stereocenters. The Morgan fingerprint density at radius 1 is 1.05 bits per heavy atom. The normalized spacial score (nSPS) is 13.3. The Kier molecular flexibility index (Phi) is 8.19. The van der Waals surface area contributed by atoms with E-state index < -0.39 is 47.8 Å². The molecule has 2 aromatic rings. The van der Waals surface area contributed by atoms with E-state index in [1.165, 1.54) is 30.4 Å². The Morgan fingerprint density at radius 2 is 1.63 bits per heavy atom. The summed E-state index contributed by atoms with van der Waals surface area (Å²) in [4.78, 5) is 12.2. The van der Waals surface area contributed by atoms with Gasteiger partial charge in [-0.2, -0.15) is 13.2 Å². The SMILES string of the molecule is Cc1cc([S+](C)[O-])c(C(C)(C)C)c(O)c1C(=O)Nc1ccc(S(=O)(=O)C(F)(F)F)cc1Cl.c1cc2cc-2c1.